The topological polar surface area (TPSA) is 37.0 Å². The van der Waals surface area contributed by atoms with Gasteiger partial charge in [-0.05, 0) is 48.8 Å². The summed E-state index contributed by atoms with van der Waals surface area (Å²) in [6.45, 7) is 7.22. The van der Waals surface area contributed by atoms with Crippen molar-refractivity contribution >= 4 is 33.1 Å². The molecule has 0 atom stereocenters. The van der Waals surface area contributed by atoms with Crippen LogP contribution in [0.5, 0.6) is 0 Å². The molecular weight excluding hydrogens is 353 g/mol. The molecule has 0 aromatic carbocycles. The second-order valence-corrected chi connectivity index (χ2v) is 7.73. The van der Waals surface area contributed by atoms with Crippen molar-refractivity contribution in [2.24, 2.45) is 0 Å². The van der Waals surface area contributed by atoms with E-state index in [0.29, 0.717) is 24.5 Å². The Balaban J connectivity index is 2.03. The Kier molecular flexibility index (Phi) is 5.35. The number of nitrogens with zero attached hydrogens (tertiary/aromatic N) is 1. The second kappa shape index (κ2) is 6.85. The fourth-order valence-electron chi connectivity index (χ4n) is 1.72. The third kappa shape index (κ3) is 5.05. The first kappa shape index (κ1) is 16.4. The van der Waals surface area contributed by atoms with E-state index in [4.69, 9.17) is 0 Å². The number of pyridine rings is 1. The van der Waals surface area contributed by atoms with Crippen molar-refractivity contribution < 1.29 is 4.39 Å². The molecule has 0 spiro atoms. The van der Waals surface area contributed by atoms with Gasteiger partial charge in [0.25, 0.3) is 0 Å². The number of hydrogen-bond acceptors (Lipinski definition) is 4. The highest BCUT2D eigenvalue weighted by Gasteiger charge is 2.13. The Morgan fingerprint density at radius 1 is 1.33 bits per heavy atom. The van der Waals surface area contributed by atoms with Crippen LogP contribution in [0, 0.1) is 5.82 Å². The molecule has 0 saturated carbocycles. The fourth-order valence-corrected chi connectivity index (χ4v) is 3.11. The smallest absolute Gasteiger partial charge is 0.169 e. The van der Waals surface area contributed by atoms with Crippen LogP contribution in [0.1, 0.15) is 31.2 Å². The molecule has 0 saturated heterocycles. The Bertz CT molecular complexity index is 607. The molecule has 2 aromatic heterocycles. The van der Waals surface area contributed by atoms with E-state index in [0.717, 1.165) is 9.35 Å². The average Bonchev–Trinajstić information content (AvgIpc) is 2.81. The zero-order valence-electron chi connectivity index (χ0n) is 12.3. The number of anilines is 1. The summed E-state index contributed by atoms with van der Waals surface area (Å²) in [5, 5.41) is 8.34. The third-order valence-electron chi connectivity index (χ3n) is 2.83. The van der Waals surface area contributed by atoms with Gasteiger partial charge in [-0.15, -0.1) is 11.3 Å². The maximum absolute atomic E-state index is 14.4. The van der Waals surface area contributed by atoms with Gasteiger partial charge in [-0.3, -0.25) is 0 Å². The van der Waals surface area contributed by atoms with E-state index in [9.17, 15) is 4.39 Å². The highest BCUT2D eigenvalue weighted by atomic mass is 79.9. The number of hydrogen-bond donors (Lipinski definition) is 2. The maximum Gasteiger partial charge on any atom is 0.169 e. The summed E-state index contributed by atoms with van der Waals surface area (Å²) in [4.78, 5) is 5.21. The Labute approximate surface area is 137 Å². The molecule has 0 bridgehead atoms. The average molecular weight is 372 g/mol. The van der Waals surface area contributed by atoms with Crippen molar-refractivity contribution in [3.05, 3.63) is 44.4 Å². The minimum absolute atomic E-state index is 0.0491. The molecule has 0 unspecified atom stereocenters. The Morgan fingerprint density at radius 3 is 2.71 bits per heavy atom. The van der Waals surface area contributed by atoms with E-state index >= 15 is 0 Å². The van der Waals surface area contributed by atoms with Crippen molar-refractivity contribution in [3.63, 3.8) is 0 Å². The van der Waals surface area contributed by atoms with Gasteiger partial charge in [0, 0.05) is 38.6 Å². The van der Waals surface area contributed by atoms with E-state index < -0.39 is 0 Å². The number of aromatic nitrogens is 1. The van der Waals surface area contributed by atoms with Crippen molar-refractivity contribution in [1.82, 2.24) is 10.3 Å². The largest absolute Gasteiger partial charge is 0.363 e. The molecule has 0 aliphatic rings. The normalized spacial score (nSPS) is 11.7. The molecule has 0 aliphatic carbocycles. The van der Waals surface area contributed by atoms with Gasteiger partial charge in [0.1, 0.15) is 0 Å². The van der Waals surface area contributed by atoms with Crippen LogP contribution in [0.4, 0.5) is 10.2 Å². The third-order valence-corrected chi connectivity index (χ3v) is 4.53. The molecule has 21 heavy (non-hydrogen) atoms. The summed E-state index contributed by atoms with van der Waals surface area (Å²) in [5.74, 6) is 0.0117. The molecule has 3 nitrogen and oxygen atoms in total. The molecular formula is C15H19BrFN3S. The number of halogens is 2. The first-order chi connectivity index (χ1) is 9.85. The lowest BCUT2D eigenvalue weighted by atomic mass is 10.1. The van der Waals surface area contributed by atoms with Gasteiger partial charge in [0.2, 0.25) is 0 Å². The van der Waals surface area contributed by atoms with E-state index in [1.54, 1.807) is 23.6 Å². The second-order valence-electron chi connectivity index (χ2n) is 5.82. The van der Waals surface area contributed by atoms with Crippen molar-refractivity contribution in [2.45, 2.75) is 39.4 Å². The Morgan fingerprint density at radius 2 is 2.10 bits per heavy atom. The van der Waals surface area contributed by atoms with Crippen molar-refractivity contribution in [2.75, 3.05) is 5.32 Å². The predicted molar refractivity (Wildman–Crippen MR) is 90.1 cm³/mol. The van der Waals surface area contributed by atoms with Gasteiger partial charge in [-0.25, -0.2) is 9.37 Å². The SMILES string of the molecule is CC(C)(C)NCc1ccnc(NCc2cc(Br)cs2)c1F. The van der Waals surface area contributed by atoms with Gasteiger partial charge >= 0.3 is 0 Å². The van der Waals surface area contributed by atoms with Gasteiger partial charge < -0.3 is 10.6 Å². The van der Waals surface area contributed by atoms with Gasteiger partial charge in [-0.1, -0.05) is 0 Å². The summed E-state index contributed by atoms with van der Waals surface area (Å²) in [7, 11) is 0. The van der Waals surface area contributed by atoms with E-state index in [1.807, 2.05) is 11.4 Å². The van der Waals surface area contributed by atoms with Crippen LogP contribution in [0.15, 0.2) is 28.2 Å². The van der Waals surface area contributed by atoms with Gasteiger partial charge in [0.05, 0.1) is 6.54 Å². The van der Waals surface area contributed by atoms with E-state index in [2.05, 4.69) is 52.3 Å². The van der Waals surface area contributed by atoms with Crippen LogP contribution in [-0.4, -0.2) is 10.5 Å². The molecule has 0 fully saturated rings. The lowest BCUT2D eigenvalue weighted by Crippen LogP contribution is -2.35. The van der Waals surface area contributed by atoms with Crippen LogP contribution < -0.4 is 10.6 Å². The summed E-state index contributed by atoms with van der Waals surface area (Å²) in [6, 6.07) is 3.72. The minimum Gasteiger partial charge on any atom is -0.363 e. The molecule has 2 aromatic rings. The first-order valence-corrected chi connectivity index (χ1v) is 8.37. The lowest BCUT2D eigenvalue weighted by molar-refractivity contribution is 0.418. The van der Waals surface area contributed by atoms with Crippen molar-refractivity contribution in [1.29, 1.82) is 0 Å². The highest BCUT2D eigenvalue weighted by molar-refractivity contribution is 9.10. The van der Waals surface area contributed by atoms with Crippen LogP contribution in [0.25, 0.3) is 0 Å². The van der Waals surface area contributed by atoms with Crippen LogP contribution in [-0.2, 0) is 13.1 Å². The predicted octanol–water partition coefficient (Wildman–Crippen LogP) is 4.54. The maximum atomic E-state index is 14.4. The standard InChI is InChI=1S/C15H19BrFN3S/c1-15(2,3)20-7-10-4-5-18-14(13(10)17)19-8-12-6-11(16)9-21-12/h4-6,9,20H,7-8H2,1-3H3,(H,18,19). The van der Waals surface area contributed by atoms with Gasteiger partial charge in [-0.2, -0.15) is 0 Å². The molecule has 2 N–H and O–H groups in total. The zero-order valence-corrected chi connectivity index (χ0v) is 14.7. The molecule has 2 rings (SSSR count). The summed E-state index contributed by atoms with van der Waals surface area (Å²) in [6.07, 6.45) is 1.63. The molecule has 2 heterocycles. The fraction of sp³-hybridized carbons (Fsp3) is 0.400. The summed E-state index contributed by atoms with van der Waals surface area (Å²) >= 11 is 5.03. The zero-order chi connectivity index (χ0) is 15.5. The van der Waals surface area contributed by atoms with Crippen LogP contribution >= 0.6 is 27.3 Å². The molecule has 114 valence electrons. The van der Waals surface area contributed by atoms with Gasteiger partial charge in [0.15, 0.2) is 11.6 Å². The van der Waals surface area contributed by atoms with Crippen LogP contribution in [0.3, 0.4) is 0 Å². The number of rotatable bonds is 5. The molecule has 0 aliphatic heterocycles. The number of thiophene rings is 1. The monoisotopic (exact) mass is 371 g/mol. The number of nitrogens with one attached hydrogen (secondary N) is 2. The quantitative estimate of drug-likeness (QED) is 0.809. The molecule has 0 radical (unpaired) electrons. The molecule has 6 heteroatoms. The first-order valence-electron chi connectivity index (χ1n) is 6.70. The van der Waals surface area contributed by atoms with Crippen molar-refractivity contribution in [3.8, 4) is 0 Å². The lowest BCUT2D eigenvalue weighted by Gasteiger charge is -2.21. The minimum atomic E-state index is -0.287. The summed E-state index contributed by atoms with van der Waals surface area (Å²) in [5.41, 5.74) is 0.571. The summed E-state index contributed by atoms with van der Waals surface area (Å²) < 4.78 is 15.4. The molecule has 0 amide bonds. The van der Waals surface area contributed by atoms with Crippen LogP contribution in [0.2, 0.25) is 0 Å². The highest BCUT2D eigenvalue weighted by Crippen LogP contribution is 2.22. The Hall–Kier alpha value is -0.980. The van der Waals surface area contributed by atoms with E-state index in [1.165, 1.54) is 0 Å². The van der Waals surface area contributed by atoms with E-state index in [-0.39, 0.29) is 11.4 Å².